The van der Waals surface area contributed by atoms with Crippen molar-refractivity contribution in [1.29, 1.82) is 0 Å². The van der Waals surface area contributed by atoms with Crippen molar-refractivity contribution in [2.75, 3.05) is 6.54 Å². The van der Waals surface area contributed by atoms with Gasteiger partial charge in [0.1, 0.15) is 0 Å². The first-order valence-corrected chi connectivity index (χ1v) is 7.31. The predicted molar refractivity (Wildman–Crippen MR) is 79.2 cm³/mol. The molecule has 0 bridgehead atoms. The molecular weight excluding hydrogens is 330 g/mol. The molecule has 4 nitrogen and oxygen atoms in total. The number of hydrogen-bond acceptors (Lipinski definition) is 4. The first-order valence-electron chi connectivity index (χ1n) is 6.14. The number of nitrogens with one attached hydrogen (secondary N) is 1. The maximum atomic E-state index is 6.21. The summed E-state index contributed by atoms with van der Waals surface area (Å²) in [6.07, 6.45) is 1.06. The molecule has 6 heteroatoms. The minimum Gasteiger partial charge on any atom is -0.419 e. The van der Waals surface area contributed by atoms with Gasteiger partial charge in [-0.1, -0.05) is 24.6 Å². The van der Waals surface area contributed by atoms with Crippen molar-refractivity contribution in [1.82, 2.24) is 15.5 Å². The van der Waals surface area contributed by atoms with Crippen LogP contribution in [0.2, 0.25) is 5.02 Å². The fourth-order valence-electron chi connectivity index (χ4n) is 1.64. The van der Waals surface area contributed by atoms with E-state index in [1.165, 1.54) is 0 Å². The summed E-state index contributed by atoms with van der Waals surface area (Å²) in [7, 11) is 0. The molecule has 1 aromatic carbocycles. The number of benzene rings is 1. The lowest BCUT2D eigenvalue weighted by Gasteiger charge is -2.07. The third kappa shape index (κ3) is 3.35. The third-order valence-electron chi connectivity index (χ3n) is 2.69. The minimum absolute atomic E-state index is 0.0344. The molecule has 0 saturated carbocycles. The van der Waals surface area contributed by atoms with Gasteiger partial charge in [0.2, 0.25) is 11.8 Å². The van der Waals surface area contributed by atoms with E-state index in [-0.39, 0.29) is 6.04 Å². The highest BCUT2D eigenvalue weighted by Gasteiger charge is 2.16. The topological polar surface area (TPSA) is 51.0 Å². The Morgan fingerprint density at radius 2 is 2.21 bits per heavy atom. The molecule has 102 valence electrons. The molecule has 0 radical (unpaired) electrons. The summed E-state index contributed by atoms with van der Waals surface area (Å²) in [5, 5.41) is 12.0. The molecule has 0 aliphatic rings. The van der Waals surface area contributed by atoms with Crippen LogP contribution in [0, 0.1) is 0 Å². The molecule has 1 N–H and O–H groups in total. The van der Waals surface area contributed by atoms with Crippen LogP contribution in [0.3, 0.4) is 0 Å². The molecule has 0 aliphatic carbocycles. The van der Waals surface area contributed by atoms with Crippen molar-refractivity contribution in [2.24, 2.45) is 0 Å². The SMILES string of the molecule is CCCNC(C)c1nnc(-c2cccc(Br)c2Cl)o1. The summed E-state index contributed by atoms with van der Waals surface area (Å²) in [4.78, 5) is 0. The first-order chi connectivity index (χ1) is 9.13. The molecule has 0 amide bonds. The Labute approximate surface area is 125 Å². The van der Waals surface area contributed by atoms with Gasteiger partial charge in [0.15, 0.2) is 0 Å². The maximum absolute atomic E-state index is 6.21. The molecule has 0 fully saturated rings. The number of hydrogen-bond donors (Lipinski definition) is 1. The van der Waals surface area contributed by atoms with Crippen LogP contribution < -0.4 is 5.32 Å². The van der Waals surface area contributed by atoms with E-state index in [0.717, 1.165) is 23.0 Å². The Kier molecular flexibility index (Phi) is 4.96. The van der Waals surface area contributed by atoms with E-state index in [2.05, 4.69) is 38.4 Å². The fraction of sp³-hybridized carbons (Fsp3) is 0.385. The second-order valence-electron chi connectivity index (χ2n) is 4.22. The second-order valence-corrected chi connectivity index (χ2v) is 5.45. The van der Waals surface area contributed by atoms with Gasteiger partial charge in [-0.2, -0.15) is 0 Å². The predicted octanol–water partition coefficient (Wildman–Crippen LogP) is 4.21. The molecule has 1 aromatic heterocycles. The standard InChI is InChI=1S/C13H15BrClN3O/c1-3-7-16-8(2)12-17-18-13(19-12)9-5-4-6-10(14)11(9)15/h4-6,8,16H,3,7H2,1-2H3. The summed E-state index contributed by atoms with van der Waals surface area (Å²) in [6, 6.07) is 5.64. The highest BCUT2D eigenvalue weighted by molar-refractivity contribution is 9.10. The average Bonchev–Trinajstić information content (AvgIpc) is 2.88. The smallest absolute Gasteiger partial charge is 0.249 e. The number of rotatable bonds is 5. The Balaban J connectivity index is 2.23. The van der Waals surface area contributed by atoms with E-state index in [4.69, 9.17) is 16.0 Å². The summed E-state index contributed by atoms with van der Waals surface area (Å²) < 4.78 is 6.48. The zero-order chi connectivity index (χ0) is 13.8. The molecule has 1 heterocycles. The van der Waals surface area contributed by atoms with Gasteiger partial charge in [0.25, 0.3) is 0 Å². The molecule has 1 atom stereocenters. The lowest BCUT2D eigenvalue weighted by molar-refractivity contribution is 0.423. The van der Waals surface area contributed by atoms with Crippen LogP contribution in [0.5, 0.6) is 0 Å². The largest absolute Gasteiger partial charge is 0.419 e. The van der Waals surface area contributed by atoms with Crippen molar-refractivity contribution >= 4 is 27.5 Å². The Bertz CT molecular complexity index is 559. The highest BCUT2D eigenvalue weighted by atomic mass is 79.9. The van der Waals surface area contributed by atoms with Gasteiger partial charge in [0.05, 0.1) is 16.6 Å². The Morgan fingerprint density at radius 1 is 1.42 bits per heavy atom. The summed E-state index contributed by atoms with van der Waals surface area (Å²) >= 11 is 9.59. The van der Waals surface area contributed by atoms with Crippen molar-refractivity contribution in [3.05, 3.63) is 33.6 Å². The molecule has 0 spiro atoms. The second kappa shape index (κ2) is 6.50. The van der Waals surface area contributed by atoms with Gasteiger partial charge in [0, 0.05) is 4.47 Å². The van der Waals surface area contributed by atoms with Crippen molar-refractivity contribution < 1.29 is 4.42 Å². The van der Waals surface area contributed by atoms with E-state index in [1.807, 2.05) is 25.1 Å². The molecule has 19 heavy (non-hydrogen) atoms. The van der Waals surface area contributed by atoms with E-state index in [9.17, 15) is 0 Å². The van der Waals surface area contributed by atoms with Crippen LogP contribution in [0.15, 0.2) is 27.1 Å². The summed E-state index contributed by atoms with van der Waals surface area (Å²) in [5.41, 5.74) is 0.734. The monoisotopic (exact) mass is 343 g/mol. The van der Waals surface area contributed by atoms with Crippen molar-refractivity contribution in [2.45, 2.75) is 26.3 Å². The zero-order valence-electron chi connectivity index (χ0n) is 10.8. The van der Waals surface area contributed by atoms with Crippen LogP contribution in [-0.2, 0) is 0 Å². The van der Waals surface area contributed by atoms with Crippen LogP contribution in [0.4, 0.5) is 0 Å². The van der Waals surface area contributed by atoms with Gasteiger partial charge in [-0.05, 0) is 48.0 Å². The van der Waals surface area contributed by atoms with E-state index in [0.29, 0.717) is 16.8 Å². The molecule has 2 aromatic rings. The lowest BCUT2D eigenvalue weighted by atomic mass is 10.2. The van der Waals surface area contributed by atoms with Gasteiger partial charge in [-0.3, -0.25) is 0 Å². The van der Waals surface area contributed by atoms with Gasteiger partial charge < -0.3 is 9.73 Å². The molecule has 0 aliphatic heterocycles. The lowest BCUT2D eigenvalue weighted by Crippen LogP contribution is -2.19. The van der Waals surface area contributed by atoms with Crippen LogP contribution in [-0.4, -0.2) is 16.7 Å². The zero-order valence-corrected chi connectivity index (χ0v) is 13.1. The van der Waals surface area contributed by atoms with Crippen LogP contribution in [0.25, 0.3) is 11.5 Å². The van der Waals surface area contributed by atoms with E-state index < -0.39 is 0 Å². The minimum atomic E-state index is 0.0344. The van der Waals surface area contributed by atoms with E-state index >= 15 is 0 Å². The maximum Gasteiger partial charge on any atom is 0.249 e. The van der Waals surface area contributed by atoms with Crippen molar-refractivity contribution in [3.63, 3.8) is 0 Å². The quantitative estimate of drug-likeness (QED) is 0.882. The Morgan fingerprint density at radius 3 is 2.95 bits per heavy atom. The molecular formula is C13H15BrClN3O. The van der Waals surface area contributed by atoms with Gasteiger partial charge >= 0.3 is 0 Å². The summed E-state index contributed by atoms with van der Waals surface area (Å²) in [6.45, 7) is 5.02. The Hall–Kier alpha value is -0.910. The van der Waals surface area contributed by atoms with Gasteiger partial charge in [-0.25, -0.2) is 0 Å². The highest BCUT2D eigenvalue weighted by Crippen LogP contribution is 2.33. The van der Waals surface area contributed by atoms with Crippen LogP contribution in [0.1, 0.15) is 32.2 Å². The van der Waals surface area contributed by atoms with Crippen molar-refractivity contribution in [3.8, 4) is 11.5 Å². The number of halogens is 2. The molecule has 1 unspecified atom stereocenters. The molecule has 0 saturated heterocycles. The fourth-order valence-corrected chi connectivity index (χ4v) is 2.21. The first kappa shape index (κ1) is 14.5. The van der Waals surface area contributed by atoms with Gasteiger partial charge in [-0.15, -0.1) is 10.2 Å². The average molecular weight is 345 g/mol. The summed E-state index contributed by atoms with van der Waals surface area (Å²) in [5.74, 6) is 1.01. The van der Waals surface area contributed by atoms with Crippen LogP contribution >= 0.6 is 27.5 Å². The number of aromatic nitrogens is 2. The molecule has 2 rings (SSSR count). The third-order valence-corrected chi connectivity index (χ3v) is 3.99. The number of nitrogens with zero attached hydrogens (tertiary/aromatic N) is 2. The normalized spacial score (nSPS) is 12.6. The van der Waals surface area contributed by atoms with E-state index in [1.54, 1.807) is 0 Å².